The van der Waals surface area contributed by atoms with Crippen molar-refractivity contribution in [1.29, 1.82) is 5.26 Å². The molecule has 1 spiro atoms. The van der Waals surface area contributed by atoms with E-state index in [4.69, 9.17) is 23.2 Å². The minimum atomic E-state index is -1.75. The molecular weight excluding hydrogens is 447 g/mol. The summed E-state index contributed by atoms with van der Waals surface area (Å²) in [5, 5.41) is 26.2. The Labute approximate surface area is 195 Å². The molecule has 2 aliphatic rings. The summed E-state index contributed by atoms with van der Waals surface area (Å²) in [5.74, 6) is 0. The third kappa shape index (κ3) is 2.83. The van der Waals surface area contributed by atoms with Gasteiger partial charge in [0.2, 0.25) is 0 Å². The van der Waals surface area contributed by atoms with E-state index in [2.05, 4.69) is 11.4 Å². The maximum atomic E-state index is 14.0. The van der Waals surface area contributed by atoms with E-state index in [0.29, 0.717) is 45.6 Å². The lowest BCUT2D eigenvalue weighted by Gasteiger charge is -2.52. The van der Waals surface area contributed by atoms with Crippen LogP contribution < -0.4 is 15.1 Å². The van der Waals surface area contributed by atoms with Crippen LogP contribution in [-0.4, -0.2) is 29.8 Å². The fourth-order valence-electron chi connectivity index (χ4n) is 4.59. The van der Waals surface area contributed by atoms with E-state index in [9.17, 15) is 15.2 Å². The number of hydrogen-bond acceptors (Lipinski definition) is 4. The Bertz CT molecular complexity index is 1240. The largest absolute Gasteiger partial charge is 0.364 e. The molecule has 2 amide bonds. The second kappa shape index (κ2) is 7.51. The number of hydrogen-bond donors (Lipinski definition) is 2. The monoisotopic (exact) mass is 464 g/mol. The lowest BCUT2D eigenvalue weighted by molar-refractivity contribution is -0.0401. The molecule has 0 aliphatic carbocycles. The van der Waals surface area contributed by atoms with Gasteiger partial charge in [-0.2, -0.15) is 5.26 Å². The summed E-state index contributed by atoms with van der Waals surface area (Å²) in [4.78, 5) is 17.0. The van der Waals surface area contributed by atoms with Gasteiger partial charge in [-0.05, 0) is 60.7 Å². The number of carbonyl (C=O) groups excluding carboxylic acids is 1. The predicted octanol–water partition coefficient (Wildman–Crippen LogP) is 4.50. The molecule has 1 unspecified atom stereocenters. The molecule has 5 rings (SSSR count). The summed E-state index contributed by atoms with van der Waals surface area (Å²) in [7, 11) is 0. The van der Waals surface area contributed by atoms with Gasteiger partial charge in [-0.15, -0.1) is 0 Å². The molecule has 2 N–H and O–H groups in total. The van der Waals surface area contributed by atoms with Crippen molar-refractivity contribution in [3.63, 3.8) is 0 Å². The van der Waals surface area contributed by atoms with Gasteiger partial charge >= 0.3 is 6.03 Å². The van der Waals surface area contributed by atoms with Gasteiger partial charge in [-0.25, -0.2) is 4.79 Å². The number of rotatable bonds is 3. The summed E-state index contributed by atoms with van der Waals surface area (Å²) >= 11 is 12.2. The number of nitrogens with zero attached hydrogens (tertiary/aromatic N) is 3. The van der Waals surface area contributed by atoms with Crippen molar-refractivity contribution in [3.05, 3.63) is 94.0 Å². The van der Waals surface area contributed by atoms with Crippen LogP contribution >= 0.6 is 23.2 Å². The highest BCUT2D eigenvalue weighted by molar-refractivity contribution is 6.31. The molecule has 2 fully saturated rings. The summed E-state index contributed by atoms with van der Waals surface area (Å²) in [6.45, 7) is 0.720. The molecule has 8 heteroatoms. The number of anilines is 2. The van der Waals surface area contributed by atoms with E-state index in [-0.39, 0.29) is 6.03 Å². The second-order valence-corrected chi connectivity index (χ2v) is 8.78. The maximum absolute atomic E-state index is 14.0. The molecule has 6 nitrogen and oxygen atoms in total. The molecule has 3 aromatic carbocycles. The van der Waals surface area contributed by atoms with Gasteiger partial charge in [-0.1, -0.05) is 35.3 Å². The third-order valence-electron chi connectivity index (χ3n) is 6.18. The molecule has 1 atom stereocenters. The molecule has 0 radical (unpaired) electrons. The highest BCUT2D eigenvalue weighted by atomic mass is 35.5. The first-order valence-electron chi connectivity index (χ1n) is 10.00. The van der Waals surface area contributed by atoms with Gasteiger partial charge in [0.25, 0.3) is 0 Å². The van der Waals surface area contributed by atoms with Crippen LogP contribution in [0.25, 0.3) is 0 Å². The first kappa shape index (κ1) is 20.8. The molecule has 3 aromatic rings. The van der Waals surface area contributed by atoms with Gasteiger partial charge in [0.05, 0.1) is 11.6 Å². The number of amides is 2. The number of nitriles is 1. The van der Waals surface area contributed by atoms with Crippen molar-refractivity contribution in [1.82, 2.24) is 5.32 Å². The van der Waals surface area contributed by atoms with Crippen molar-refractivity contribution in [2.24, 2.45) is 0 Å². The van der Waals surface area contributed by atoms with E-state index in [1.165, 1.54) is 4.90 Å². The Morgan fingerprint density at radius 1 is 0.906 bits per heavy atom. The Morgan fingerprint density at radius 2 is 1.47 bits per heavy atom. The van der Waals surface area contributed by atoms with Crippen molar-refractivity contribution >= 4 is 40.6 Å². The number of nitrogens with one attached hydrogen (secondary N) is 1. The van der Waals surface area contributed by atoms with Crippen molar-refractivity contribution < 1.29 is 9.90 Å². The zero-order valence-corrected chi connectivity index (χ0v) is 18.3. The fraction of sp³-hybridized carbons (Fsp3) is 0.167. The number of urea groups is 1. The number of benzene rings is 3. The van der Waals surface area contributed by atoms with E-state index in [0.717, 1.165) is 0 Å². The molecule has 32 heavy (non-hydrogen) atoms. The molecule has 0 aromatic heterocycles. The Kier molecular flexibility index (Phi) is 4.88. The van der Waals surface area contributed by atoms with Crippen LogP contribution in [0.2, 0.25) is 10.0 Å². The van der Waals surface area contributed by atoms with E-state index in [1.54, 1.807) is 77.7 Å². The first-order valence-corrected chi connectivity index (χ1v) is 10.8. The van der Waals surface area contributed by atoms with Crippen LogP contribution in [0.3, 0.4) is 0 Å². The molecule has 2 saturated heterocycles. The van der Waals surface area contributed by atoms with Crippen LogP contribution in [0, 0.1) is 11.3 Å². The van der Waals surface area contributed by atoms with Crippen LogP contribution in [0.15, 0.2) is 72.8 Å². The highest BCUT2D eigenvalue weighted by Crippen LogP contribution is 2.52. The highest BCUT2D eigenvalue weighted by Gasteiger charge is 2.71. The quantitative estimate of drug-likeness (QED) is 0.597. The Morgan fingerprint density at radius 3 is 1.97 bits per heavy atom. The standard InChI is InChI=1S/C24H18Cl2N4O2/c25-18-4-8-20(9-5-18)29-22(31)30(21-10-6-19(26)7-11-21)24(32,23(29)14-28-15-23)17-3-1-2-16(12-17)13-27/h1-12,28,32H,14-15H2. The zero-order chi connectivity index (χ0) is 22.5. The minimum Gasteiger partial charge on any atom is -0.364 e. The van der Waals surface area contributed by atoms with Crippen LogP contribution in [0.1, 0.15) is 11.1 Å². The first-order chi connectivity index (χ1) is 15.4. The van der Waals surface area contributed by atoms with Crippen molar-refractivity contribution in [3.8, 4) is 6.07 Å². The number of aliphatic hydroxyl groups is 1. The molecule has 2 aliphatic heterocycles. The third-order valence-corrected chi connectivity index (χ3v) is 6.69. The van der Waals surface area contributed by atoms with Gasteiger partial charge in [0.1, 0.15) is 5.54 Å². The summed E-state index contributed by atoms with van der Waals surface area (Å²) < 4.78 is 0. The van der Waals surface area contributed by atoms with Crippen LogP contribution in [0.5, 0.6) is 0 Å². The molecular formula is C24H18Cl2N4O2. The van der Waals surface area contributed by atoms with Gasteiger partial charge in [0, 0.05) is 40.1 Å². The zero-order valence-electron chi connectivity index (χ0n) is 16.8. The molecule has 2 heterocycles. The molecule has 160 valence electrons. The van der Waals surface area contributed by atoms with E-state index >= 15 is 0 Å². The van der Waals surface area contributed by atoms with Crippen LogP contribution in [-0.2, 0) is 5.72 Å². The second-order valence-electron chi connectivity index (χ2n) is 7.91. The normalized spacial score (nSPS) is 21.5. The number of halogens is 2. The molecule has 0 bridgehead atoms. The lowest BCUT2D eigenvalue weighted by atomic mass is 9.75. The molecule has 0 saturated carbocycles. The predicted molar refractivity (Wildman–Crippen MR) is 124 cm³/mol. The van der Waals surface area contributed by atoms with Gasteiger partial charge in [0.15, 0.2) is 5.72 Å². The Hall–Kier alpha value is -3.08. The topological polar surface area (TPSA) is 79.6 Å². The van der Waals surface area contributed by atoms with Gasteiger partial charge in [-0.3, -0.25) is 9.80 Å². The van der Waals surface area contributed by atoms with Gasteiger partial charge < -0.3 is 10.4 Å². The smallest absolute Gasteiger partial charge is 0.332 e. The lowest BCUT2D eigenvalue weighted by Crippen LogP contribution is -2.76. The average molecular weight is 465 g/mol. The summed E-state index contributed by atoms with van der Waals surface area (Å²) in [6.07, 6.45) is 0. The minimum absolute atomic E-state index is 0.360. The average Bonchev–Trinajstić information content (AvgIpc) is 3.00. The Balaban J connectivity index is 1.77. The fourth-order valence-corrected chi connectivity index (χ4v) is 4.84. The summed E-state index contributed by atoms with van der Waals surface area (Å²) in [6, 6.07) is 22.2. The number of carbonyl (C=O) groups is 1. The van der Waals surface area contributed by atoms with E-state index in [1.807, 2.05) is 0 Å². The SMILES string of the molecule is N#Cc1cccc(C2(O)N(c3ccc(Cl)cc3)C(=O)N(c3ccc(Cl)cc3)C23CNC3)c1. The summed E-state index contributed by atoms with van der Waals surface area (Å²) in [5.41, 5.74) is -0.801. The van der Waals surface area contributed by atoms with Crippen LogP contribution in [0.4, 0.5) is 16.2 Å². The van der Waals surface area contributed by atoms with Crippen molar-refractivity contribution in [2.45, 2.75) is 11.3 Å². The maximum Gasteiger partial charge on any atom is 0.332 e. The van der Waals surface area contributed by atoms with Crippen molar-refractivity contribution in [2.75, 3.05) is 22.9 Å². The van der Waals surface area contributed by atoms with E-state index < -0.39 is 11.3 Å².